The fraction of sp³-hybridized carbons (Fsp3) is 0.318. The lowest BCUT2D eigenvalue weighted by molar-refractivity contribution is -0.116. The number of rotatable bonds is 10. The molecule has 0 aliphatic carbocycles. The highest BCUT2D eigenvalue weighted by atomic mass is 79.9. The van der Waals surface area contributed by atoms with Crippen LogP contribution in [0.5, 0.6) is 0 Å². The number of carbonyl (C=O) groups excluding carboxylic acids is 2. The van der Waals surface area contributed by atoms with Crippen molar-refractivity contribution >= 4 is 44.7 Å². The van der Waals surface area contributed by atoms with E-state index in [-0.39, 0.29) is 24.4 Å². The van der Waals surface area contributed by atoms with E-state index in [0.717, 1.165) is 23.5 Å². The van der Waals surface area contributed by atoms with Gasteiger partial charge in [-0.3, -0.25) is 14.9 Å². The predicted octanol–water partition coefficient (Wildman–Crippen LogP) is 4.12. The number of hydrogen-bond acceptors (Lipinski definition) is 4. The van der Waals surface area contributed by atoms with Crippen LogP contribution in [0.2, 0.25) is 0 Å². The summed E-state index contributed by atoms with van der Waals surface area (Å²) in [6, 6.07) is 11.5. The van der Waals surface area contributed by atoms with Gasteiger partial charge in [-0.15, -0.1) is 0 Å². The van der Waals surface area contributed by atoms with E-state index in [0.29, 0.717) is 30.2 Å². The summed E-state index contributed by atoms with van der Waals surface area (Å²) in [6.07, 6.45) is 0.844. The average Bonchev–Trinajstić information content (AvgIpc) is 3.09. The minimum atomic E-state index is -0.505. The number of amides is 2. The molecule has 2 N–H and O–H groups in total. The average molecular weight is 491 g/mol. The van der Waals surface area contributed by atoms with Crippen LogP contribution in [0.25, 0.3) is 11.0 Å². The second-order valence-corrected chi connectivity index (χ2v) is 7.66. The number of para-hydroxylation sites is 2. The first-order valence-corrected chi connectivity index (χ1v) is 10.8. The first-order chi connectivity index (χ1) is 15.0. The lowest BCUT2D eigenvalue weighted by Gasteiger charge is -2.11. The molecule has 0 aliphatic heterocycles. The maximum Gasteiger partial charge on any atom is 0.252 e. The Morgan fingerprint density at radius 1 is 1.23 bits per heavy atom. The van der Waals surface area contributed by atoms with Gasteiger partial charge in [0.15, 0.2) is 0 Å². The Morgan fingerprint density at radius 3 is 2.84 bits per heavy atom. The fourth-order valence-corrected chi connectivity index (χ4v) is 3.54. The van der Waals surface area contributed by atoms with Gasteiger partial charge in [0.2, 0.25) is 11.9 Å². The van der Waals surface area contributed by atoms with Crippen molar-refractivity contribution < 1.29 is 18.7 Å². The van der Waals surface area contributed by atoms with Crippen LogP contribution in [0.4, 0.5) is 10.3 Å². The third kappa shape index (κ3) is 6.11. The van der Waals surface area contributed by atoms with Crippen molar-refractivity contribution in [2.45, 2.75) is 26.3 Å². The minimum absolute atomic E-state index is 0.0564. The monoisotopic (exact) mass is 490 g/mol. The second kappa shape index (κ2) is 11.0. The van der Waals surface area contributed by atoms with Crippen molar-refractivity contribution in [2.75, 3.05) is 25.1 Å². The topological polar surface area (TPSA) is 85.2 Å². The molecule has 2 aromatic carbocycles. The van der Waals surface area contributed by atoms with Crippen molar-refractivity contribution in [1.29, 1.82) is 0 Å². The maximum atomic E-state index is 13.4. The third-order valence-corrected chi connectivity index (χ3v) is 5.28. The Hall–Kier alpha value is -2.78. The van der Waals surface area contributed by atoms with E-state index in [1.54, 1.807) is 0 Å². The molecule has 2 amide bonds. The zero-order valence-corrected chi connectivity index (χ0v) is 18.7. The van der Waals surface area contributed by atoms with Gasteiger partial charge in [0.1, 0.15) is 5.82 Å². The molecule has 9 heteroatoms. The summed E-state index contributed by atoms with van der Waals surface area (Å²) in [5.41, 5.74) is 1.90. The van der Waals surface area contributed by atoms with Crippen molar-refractivity contribution in [3.8, 4) is 0 Å². The predicted molar refractivity (Wildman–Crippen MR) is 121 cm³/mol. The summed E-state index contributed by atoms with van der Waals surface area (Å²) in [4.78, 5) is 29.2. The molecule has 3 rings (SSSR count). The SMILES string of the molecule is CCOCCCn1c(NC(=O)CCNC(=O)c2cc(F)ccc2Br)nc2ccccc21. The molecular weight excluding hydrogens is 467 g/mol. The Balaban J connectivity index is 1.59. The van der Waals surface area contributed by atoms with Gasteiger partial charge in [0.25, 0.3) is 5.91 Å². The van der Waals surface area contributed by atoms with Gasteiger partial charge in [-0.25, -0.2) is 9.37 Å². The molecule has 0 atom stereocenters. The standard InChI is InChI=1S/C22H24BrFN4O3/c1-2-31-13-5-12-28-19-7-4-3-6-18(19)26-22(28)27-20(29)10-11-25-21(30)16-14-15(24)8-9-17(16)23/h3-4,6-9,14H,2,5,10-13H2,1H3,(H,25,30)(H,26,27,29). The number of aryl methyl sites for hydroxylation is 1. The van der Waals surface area contributed by atoms with E-state index >= 15 is 0 Å². The Bertz CT molecular complexity index is 1070. The smallest absolute Gasteiger partial charge is 0.252 e. The van der Waals surface area contributed by atoms with Gasteiger partial charge in [-0.1, -0.05) is 12.1 Å². The quantitative estimate of drug-likeness (QED) is 0.418. The number of carbonyl (C=O) groups is 2. The number of nitrogens with zero attached hydrogens (tertiary/aromatic N) is 2. The number of nitrogens with one attached hydrogen (secondary N) is 2. The van der Waals surface area contributed by atoms with Gasteiger partial charge in [-0.05, 0) is 59.6 Å². The van der Waals surface area contributed by atoms with E-state index < -0.39 is 11.7 Å². The number of benzene rings is 2. The molecule has 7 nitrogen and oxygen atoms in total. The first kappa shape index (κ1) is 22.9. The fourth-order valence-electron chi connectivity index (χ4n) is 3.11. The van der Waals surface area contributed by atoms with Crippen molar-refractivity contribution in [3.05, 3.63) is 58.3 Å². The molecule has 0 unspecified atom stereocenters. The molecule has 1 heterocycles. The second-order valence-electron chi connectivity index (χ2n) is 6.80. The molecule has 0 saturated heterocycles. The molecule has 0 bridgehead atoms. The normalized spacial score (nSPS) is 10.9. The van der Waals surface area contributed by atoms with Crippen molar-refractivity contribution in [2.24, 2.45) is 0 Å². The van der Waals surface area contributed by atoms with E-state index in [2.05, 4.69) is 31.5 Å². The number of imidazole rings is 1. The van der Waals surface area contributed by atoms with E-state index in [1.165, 1.54) is 12.1 Å². The maximum absolute atomic E-state index is 13.4. The third-order valence-electron chi connectivity index (χ3n) is 4.59. The molecule has 0 radical (unpaired) electrons. The number of aromatic nitrogens is 2. The lowest BCUT2D eigenvalue weighted by atomic mass is 10.2. The number of fused-ring (bicyclic) bond motifs is 1. The van der Waals surface area contributed by atoms with Crippen LogP contribution in [-0.2, 0) is 16.1 Å². The lowest BCUT2D eigenvalue weighted by Crippen LogP contribution is -2.28. The summed E-state index contributed by atoms with van der Waals surface area (Å²) in [7, 11) is 0. The minimum Gasteiger partial charge on any atom is -0.382 e. The zero-order chi connectivity index (χ0) is 22.2. The first-order valence-electron chi connectivity index (χ1n) is 10.1. The highest BCUT2D eigenvalue weighted by molar-refractivity contribution is 9.10. The highest BCUT2D eigenvalue weighted by Gasteiger charge is 2.14. The van der Waals surface area contributed by atoms with E-state index in [1.807, 2.05) is 35.8 Å². The molecule has 1 aromatic heterocycles. The Morgan fingerprint density at radius 2 is 2.03 bits per heavy atom. The van der Waals surface area contributed by atoms with Crippen LogP contribution in [-0.4, -0.2) is 41.1 Å². The molecule has 0 saturated carbocycles. The van der Waals surface area contributed by atoms with Gasteiger partial charge in [0, 0.05) is 37.2 Å². The van der Waals surface area contributed by atoms with Crippen LogP contribution in [0.1, 0.15) is 30.1 Å². The van der Waals surface area contributed by atoms with Crippen molar-refractivity contribution in [1.82, 2.24) is 14.9 Å². The summed E-state index contributed by atoms with van der Waals surface area (Å²) in [6.45, 7) is 3.99. The number of hydrogen-bond donors (Lipinski definition) is 2. The Labute approximate surface area is 188 Å². The van der Waals surface area contributed by atoms with Crippen LogP contribution >= 0.6 is 15.9 Å². The summed E-state index contributed by atoms with van der Waals surface area (Å²) < 4.78 is 21.2. The van der Waals surface area contributed by atoms with Gasteiger partial charge in [0.05, 0.1) is 16.6 Å². The Kier molecular flexibility index (Phi) is 8.13. The number of halogens is 2. The molecule has 0 spiro atoms. The van der Waals surface area contributed by atoms with Crippen molar-refractivity contribution in [3.63, 3.8) is 0 Å². The molecule has 31 heavy (non-hydrogen) atoms. The molecule has 0 fully saturated rings. The molecule has 0 aliphatic rings. The van der Waals surface area contributed by atoms with E-state index in [4.69, 9.17) is 4.74 Å². The van der Waals surface area contributed by atoms with Crippen LogP contribution in [0.3, 0.4) is 0 Å². The number of ether oxygens (including phenoxy) is 1. The summed E-state index contributed by atoms with van der Waals surface area (Å²) >= 11 is 3.22. The highest BCUT2D eigenvalue weighted by Crippen LogP contribution is 2.20. The number of anilines is 1. The van der Waals surface area contributed by atoms with Gasteiger partial charge < -0.3 is 14.6 Å². The summed E-state index contributed by atoms with van der Waals surface area (Å²) in [5.74, 6) is -0.779. The van der Waals surface area contributed by atoms with Gasteiger partial charge >= 0.3 is 0 Å². The van der Waals surface area contributed by atoms with Gasteiger partial charge in [-0.2, -0.15) is 0 Å². The zero-order valence-electron chi connectivity index (χ0n) is 17.2. The molecular formula is C22H24BrFN4O3. The van der Waals surface area contributed by atoms with Crippen LogP contribution < -0.4 is 10.6 Å². The largest absolute Gasteiger partial charge is 0.382 e. The summed E-state index contributed by atoms with van der Waals surface area (Å²) in [5, 5.41) is 5.46. The molecule has 164 valence electrons. The van der Waals surface area contributed by atoms with E-state index in [9.17, 15) is 14.0 Å². The van der Waals surface area contributed by atoms with Crippen LogP contribution in [0.15, 0.2) is 46.9 Å². The molecule has 3 aromatic rings. The van der Waals surface area contributed by atoms with Crippen LogP contribution in [0, 0.1) is 5.82 Å².